The predicted octanol–water partition coefficient (Wildman–Crippen LogP) is 2.54. The molecule has 0 fully saturated rings. The number of likely N-dealkylation sites (N-methyl/N-ethyl adjacent to an activating group) is 1. The third-order valence-electron chi connectivity index (χ3n) is 2.28. The molecule has 1 rings (SSSR count). The molecule has 13 heavy (non-hydrogen) atoms. The van der Waals surface area contributed by atoms with Gasteiger partial charge < -0.3 is 4.90 Å². The van der Waals surface area contributed by atoms with Gasteiger partial charge in [0.15, 0.2) is 0 Å². The van der Waals surface area contributed by atoms with Gasteiger partial charge in [-0.2, -0.15) is 12.6 Å². The maximum Gasteiger partial charge on any atom is 0.0112 e. The van der Waals surface area contributed by atoms with E-state index in [0.717, 1.165) is 18.7 Å². The number of thiophene rings is 1. The lowest BCUT2D eigenvalue weighted by atomic mass is 10.2. The minimum absolute atomic E-state index is 0.616. The monoisotopic (exact) mass is 215 g/mol. The number of hydrogen-bond acceptors (Lipinski definition) is 3. The van der Waals surface area contributed by atoms with Gasteiger partial charge in [0.1, 0.15) is 0 Å². The topological polar surface area (TPSA) is 3.24 Å². The van der Waals surface area contributed by atoms with E-state index in [1.807, 2.05) is 11.3 Å². The van der Waals surface area contributed by atoms with Crippen LogP contribution in [0.4, 0.5) is 0 Å². The molecule has 0 aliphatic carbocycles. The van der Waals surface area contributed by atoms with Gasteiger partial charge in [-0.3, -0.25) is 0 Å². The molecule has 0 N–H and O–H groups in total. The van der Waals surface area contributed by atoms with E-state index in [1.165, 1.54) is 4.88 Å². The van der Waals surface area contributed by atoms with E-state index in [-0.39, 0.29) is 0 Å². The summed E-state index contributed by atoms with van der Waals surface area (Å²) in [6.45, 7) is 3.33. The molecule has 3 heteroatoms. The molecule has 74 valence electrons. The van der Waals surface area contributed by atoms with Crippen molar-refractivity contribution in [2.24, 2.45) is 0 Å². The minimum atomic E-state index is 0.616. The van der Waals surface area contributed by atoms with Crippen LogP contribution in [0.5, 0.6) is 0 Å². The van der Waals surface area contributed by atoms with Gasteiger partial charge in [-0.25, -0.2) is 0 Å². The summed E-state index contributed by atoms with van der Waals surface area (Å²) in [6.07, 6.45) is 1.15. The lowest BCUT2D eigenvalue weighted by molar-refractivity contribution is 0.273. The van der Waals surface area contributed by atoms with Crippen LogP contribution in [-0.2, 0) is 6.42 Å². The SMILES string of the molecule is CC(Cc1cccs1)N(C)CCS. The highest BCUT2D eigenvalue weighted by Gasteiger charge is 2.08. The van der Waals surface area contributed by atoms with Crippen molar-refractivity contribution in [2.75, 3.05) is 19.3 Å². The summed E-state index contributed by atoms with van der Waals surface area (Å²) >= 11 is 6.07. The maximum absolute atomic E-state index is 4.23. The standard InChI is InChI=1S/C10H17NS2/c1-9(11(2)5-6-12)8-10-4-3-7-13-10/h3-4,7,9,12H,5-6,8H2,1-2H3. The molecule has 1 aromatic heterocycles. The second-order valence-electron chi connectivity index (χ2n) is 3.34. The summed E-state index contributed by atoms with van der Waals surface area (Å²) in [4.78, 5) is 3.82. The predicted molar refractivity (Wildman–Crippen MR) is 64.0 cm³/mol. The fourth-order valence-electron chi connectivity index (χ4n) is 1.25. The van der Waals surface area contributed by atoms with Crippen LogP contribution in [0.2, 0.25) is 0 Å². The van der Waals surface area contributed by atoms with E-state index in [0.29, 0.717) is 6.04 Å². The molecule has 0 aliphatic heterocycles. The molecule has 0 aromatic carbocycles. The normalized spacial score (nSPS) is 13.5. The van der Waals surface area contributed by atoms with Crippen LogP contribution < -0.4 is 0 Å². The second-order valence-corrected chi connectivity index (χ2v) is 4.82. The first kappa shape index (κ1) is 11.1. The van der Waals surface area contributed by atoms with E-state index >= 15 is 0 Å². The highest BCUT2D eigenvalue weighted by Crippen LogP contribution is 2.13. The number of rotatable bonds is 5. The van der Waals surface area contributed by atoms with Gasteiger partial charge in [-0.1, -0.05) is 6.07 Å². The van der Waals surface area contributed by atoms with Crippen molar-refractivity contribution in [3.8, 4) is 0 Å². The van der Waals surface area contributed by atoms with Crippen molar-refractivity contribution < 1.29 is 0 Å². The highest BCUT2D eigenvalue weighted by atomic mass is 32.1. The van der Waals surface area contributed by atoms with Crippen LogP contribution in [-0.4, -0.2) is 30.3 Å². The van der Waals surface area contributed by atoms with E-state index in [2.05, 4.69) is 49.0 Å². The molecule has 0 radical (unpaired) electrons. The number of thiol groups is 1. The minimum Gasteiger partial charge on any atom is -0.303 e. The van der Waals surface area contributed by atoms with Crippen molar-refractivity contribution in [1.29, 1.82) is 0 Å². The van der Waals surface area contributed by atoms with E-state index in [1.54, 1.807) is 0 Å². The van der Waals surface area contributed by atoms with E-state index in [9.17, 15) is 0 Å². The number of nitrogens with zero attached hydrogens (tertiary/aromatic N) is 1. The Hall–Kier alpha value is 0.01000. The third kappa shape index (κ3) is 3.71. The maximum atomic E-state index is 4.23. The first-order chi connectivity index (χ1) is 6.24. The number of hydrogen-bond donors (Lipinski definition) is 1. The zero-order valence-electron chi connectivity index (χ0n) is 8.23. The van der Waals surface area contributed by atoms with Crippen molar-refractivity contribution >= 4 is 24.0 Å². The second kappa shape index (κ2) is 5.68. The largest absolute Gasteiger partial charge is 0.303 e. The van der Waals surface area contributed by atoms with E-state index < -0.39 is 0 Å². The van der Waals surface area contributed by atoms with Gasteiger partial charge in [0.25, 0.3) is 0 Å². The molecular weight excluding hydrogens is 198 g/mol. The molecule has 0 saturated heterocycles. The summed E-state index contributed by atoms with van der Waals surface area (Å²) < 4.78 is 0. The lowest BCUT2D eigenvalue weighted by Gasteiger charge is -2.23. The van der Waals surface area contributed by atoms with Crippen LogP contribution in [0, 0.1) is 0 Å². The Morgan fingerprint density at radius 3 is 2.92 bits per heavy atom. The molecule has 1 aromatic rings. The quantitative estimate of drug-likeness (QED) is 0.739. The summed E-state index contributed by atoms with van der Waals surface area (Å²) in [5.41, 5.74) is 0. The zero-order chi connectivity index (χ0) is 9.68. The Morgan fingerprint density at radius 2 is 2.38 bits per heavy atom. The Labute approximate surface area is 90.2 Å². The Kier molecular flexibility index (Phi) is 4.84. The Bertz CT molecular complexity index is 221. The molecule has 0 spiro atoms. The Balaban J connectivity index is 2.36. The van der Waals surface area contributed by atoms with Gasteiger partial charge in [-0.05, 0) is 31.8 Å². The molecule has 0 saturated carbocycles. The van der Waals surface area contributed by atoms with Crippen LogP contribution in [0.15, 0.2) is 17.5 Å². The smallest absolute Gasteiger partial charge is 0.0112 e. The first-order valence-corrected chi connectivity index (χ1v) is 6.08. The van der Waals surface area contributed by atoms with Crippen LogP contribution in [0.25, 0.3) is 0 Å². The molecule has 0 amide bonds. The molecular formula is C10H17NS2. The van der Waals surface area contributed by atoms with Gasteiger partial charge in [-0.15, -0.1) is 11.3 Å². The fourth-order valence-corrected chi connectivity index (χ4v) is 2.40. The summed E-state index contributed by atoms with van der Waals surface area (Å²) in [6, 6.07) is 4.94. The lowest BCUT2D eigenvalue weighted by Crippen LogP contribution is -2.32. The summed E-state index contributed by atoms with van der Waals surface area (Å²) in [5, 5.41) is 2.14. The zero-order valence-corrected chi connectivity index (χ0v) is 9.94. The molecule has 1 atom stereocenters. The summed E-state index contributed by atoms with van der Waals surface area (Å²) in [5.74, 6) is 0.936. The van der Waals surface area contributed by atoms with Crippen molar-refractivity contribution in [1.82, 2.24) is 4.90 Å². The van der Waals surface area contributed by atoms with Crippen LogP contribution in [0.1, 0.15) is 11.8 Å². The van der Waals surface area contributed by atoms with Gasteiger partial charge in [0, 0.05) is 23.2 Å². The van der Waals surface area contributed by atoms with Crippen molar-refractivity contribution in [3.05, 3.63) is 22.4 Å². The summed E-state index contributed by atoms with van der Waals surface area (Å²) in [7, 11) is 2.16. The average Bonchev–Trinajstić information content (AvgIpc) is 2.57. The molecule has 0 aliphatic rings. The van der Waals surface area contributed by atoms with E-state index in [4.69, 9.17) is 0 Å². The highest BCUT2D eigenvalue weighted by molar-refractivity contribution is 7.80. The molecule has 1 heterocycles. The van der Waals surface area contributed by atoms with Gasteiger partial charge in [0.2, 0.25) is 0 Å². The van der Waals surface area contributed by atoms with Gasteiger partial charge >= 0.3 is 0 Å². The molecule has 1 unspecified atom stereocenters. The van der Waals surface area contributed by atoms with Crippen LogP contribution in [0.3, 0.4) is 0 Å². The van der Waals surface area contributed by atoms with Gasteiger partial charge in [0.05, 0.1) is 0 Å². The van der Waals surface area contributed by atoms with Crippen molar-refractivity contribution in [3.63, 3.8) is 0 Å². The molecule has 1 nitrogen and oxygen atoms in total. The average molecular weight is 215 g/mol. The first-order valence-electron chi connectivity index (χ1n) is 4.57. The molecule has 0 bridgehead atoms. The van der Waals surface area contributed by atoms with Crippen LogP contribution >= 0.6 is 24.0 Å². The third-order valence-corrected chi connectivity index (χ3v) is 3.38. The van der Waals surface area contributed by atoms with Crippen molar-refractivity contribution in [2.45, 2.75) is 19.4 Å². The Morgan fingerprint density at radius 1 is 1.62 bits per heavy atom. The fraction of sp³-hybridized carbons (Fsp3) is 0.600.